The number of ether oxygens (including phenoxy) is 3. The van der Waals surface area contributed by atoms with Crippen molar-refractivity contribution >= 4 is 41.3 Å². The Kier molecular flexibility index (Phi) is 10.2. The number of halogens is 2. The van der Waals surface area contributed by atoms with Crippen LogP contribution in [0.15, 0.2) is 71.8 Å². The molecule has 3 aromatic carbocycles. The average molecular weight is 529 g/mol. The Balaban J connectivity index is 1.51. The van der Waals surface area contributed by atoms with E-state index in [0.717, 1.165) is 6.42 Å². The number of carbonyl (C=O) groups is 2. The van der Waals surface area contributed by atoms with Gasteiger partial charge < -0.3 is 14.2 Å². The molecule has 1 atom stereocenters. The fourth-order valence-electron chi connectivity index (χ4n) is 2.98. The van der Waals surface area contributed by atoms with E-state index in [-0.39, 0.29) is 0 Å². The van der Waals surface area contributed by atoms with Gasteiger partial charge in [-0.25, -0.2) is 10.2 Å². The van der Waals surface area contributed by atoms with Gasteiger partial charge in [-0.15, -0.1) is 0 Å². The molecule has 0 fully saturated rings. The second-order valence-corrected chi connectivity index (χ2v) is 8.50. The number of hydrogen-bond donors (Lipinski definition) is 1. The first-order valence-electron chi connectivity index (χ1n) is 11.4. The van der Waals surface area contributed by atoms with Crippen LogP contribution in [-0.4, -0.2) is 30.8 Å². The van der Waals surface area contributed by atoms with E-state index in [1.165, 1.54) is 6.21 Å². The molecule has 0 aliphatic heterocycles. The molecule has 188 valence electrons. The topological polar surface area (TPSA) is 86.2 Å². The van der Waals surface area contributed by atoms with Crippen molar-refractivity contribution in [3.8, 4) is 17.2 Å². The van der Waals surface area contributed by atoms with Gasteiger partial charge in [0.05, 0.1) is 23.4 Å². The summed E-state index contributed by atoms with van der Waals surface area (Å²) in [5.74, 6) is 0.549. The molecule has 36 heavy (non-hydrogen) atoms. The fraction of sp³-hybridized carbons (Fsp3) is 0.222. The Morgan fingerprint density at radius 2 is 1.67 bits per heavy atom. The highest BCUT2D eigenvalue weighted by Gasteiger charge is 2.19. The summed E-state index contributed by atoms with van der Waals surface area (Å²) in [5, 5.41) is 4.77. The highest BCUT2D eigenvalue weighted by Crippen LogP contribution is 2.28. The van der Waals surface area contributed by atoms with Crippen LogP contribution >= 0.6 is 23.2 Å². The number of benzene rings is 3. The predicted molar refractivity (Wildman–Crippen MR) is 141 cm³/mol. The van der Waals surface area contributed by atoms with Gasteiger partial charge >= 0.3 is 5.97 Å². The maximum Gasteiger partial charge on any atom is 0.343 e. The van der Waals surface area contributed by atoms with Crippen molar-refractivity contribution in [2.24, 2.45) is 5.10 Å². The lowest BCUT2D eigenvalue weighted by molar-refractivity contribution is -0.128. The molecule has 0 aliphatic carbocycles. The number of carbonyl (C=O) groups excluding carboxylic acids is 2. The number of rotatable bonds is 11. The molecule has 0 aliphatic rings. The van der Waals surface area contributed by atoms with Crippen molar-refractivity contribution in [3.63, 3.8) is 0 Å². The smallest absolute Gasteiger partial charge is 0.343 e. The lowest BCUT2D eigenvalue weighted by Crippen LogP contribution is -2.35. The van der Waals surface area contributed by atoms with Crippen LogP contribution in [0.3, 0.4) is 0 Å². The van der Waals surface area contributed by atoms with E-state index in [1.54, 1.807) is 66.7 Å². The molecule has 3 rings (SSSR count). The number of esters is 1. The van der Waals surface area contributed by atoms with Crippen molar-refractivity contribution in [2.45, 2.75) is 32.8 Å². The molecule has 0 radical (unpaired) electrons. The van der Waals surface area contributed by atoms with Gasteiger partial charge in [0.25, 0.3) is 5.91 Å². The van der Waals surface area contributed by atoms with Crippen molar-refractivity contribution in [2.75, 3.05) is 6.61 Å². The van der Waals surface area contributed by atoms with E-state index < -0.39 is 18.0 Å². The van der Waals surface area contributed by atoms with Crippen LogP contribution in [0.2, 0.25) is 10.0 Å². The molecular formula is C27H26Cl2N2O5. The quantitative estimate of drug-likeness (QED) is 0.136. The molecule has 0 aromatic heterocycles. The van der Waals surface area contributed by atoms with Gasteiger partial charge in [-0.05, 0) is 85.1 Å². The van der Waals surface area contributed by atoms with E-state index in [1.807, 2.05) is 13.8 Å². The Morgan fingerprint density at radius 3 is 2.31 bits per heavy atom. The fourth-order valence-corrected chi connectivity index (χ4v) is 3.44. The minimum Gasteiger partial charge on any atom is -0.494 e. The molecule has 0 spiro atoms. The summed E-state index contributed by atoms with van der Waals surface area (Å²) in [4.78, 5) is 24.8. The predicted octanol–water partition coefficient (Wildman–Crippen LogP) is 6.31. The Morgan fingerprint density at radius 1 is 0.972 bits per heavy atom. The average Bonchev–Trinajstić information content (AvgIpc) is 2.88. The summed E-state index contributed by atoms with van der Waals surface area (Å²) in [5.41, 5.74) is 3.57. The Labute approximate surface area is 220 Å². The largest absolute Gasteiger partial charge is 0.494 e. The third-order valence-electron chi connectivity index (χ3n) is 4.87. The Bertz CT molecular complexity index is 1200. The second-order valence-electron chi connectivity index (χ2n) is 7.66. The molecule has 0 unspecified atom stereocenters. The molecule has 7 nitrogen and oxygen atoms in total. The van der Waals surface area contributed by atoms with Crippen molar-refractivity contribution in [1.29, 1.82) is 0 Å². The molecule has 3 aromatic rings. The minimum atomic E-state index is -0.783. The van der Waals surface area contributed by atoms with Gasteiger partial charge in [-0.1, -0.05) is 37.0 Å². The van der Waals surface area contributed by atoms with Crippen LogP contribution < -0.4 is 19.6 Å². The van der Waals surface area contributed by atoms with Crippen LogP contribution in [0.25, 0.3) is 0 Å². The van der Waals surface area contributed by atoms with Gasteiger partial charge in [0, 0.05) is 5.02 Å². The lowest BCUT2D eigenvalue weighted by Gasteiger charge is -2.16. The molecule has 0 bridgehead atoms. The molecule has 1 N–H and O–H groups in total. The van der Waals surface area contributed by atoms with Crippen LogP contribution in [-0.2, 0) is 4.79 Å². The number of hydrazone groups is 1. The molecule has 1 amide bonds. The molecular weight excluding hydrogens is 503 g/mol. The summed E-state index contributed by atoms with van der Waals surface area (Å²) in [6.07, 6.45) is 2.01. The van der Waals surface area contributed by atoms with E-state index in [4.69, 9.17) is 37.4 Å². The van der Waals surface area contributed by atoms with E-state index in [9.17, 15) is 9.59 Å². The summed E-state index contributed by atoms with van der Waals surface area (Å²) >= 11 is 12.0. The van der Waals surface area contributed by atoms with E-state index in [0.29, 0.717) is 51.4 Å². The number of nitrogens with one attached hydrogen (secondary N) is 1. The molecule has 9 heteroatoms. The van der Waals surface area contributed by atoms with Crippen molar-refractivity contribution in [1.82, 2.24) is 5.43 Å². The number of amides is 1. The van der Waals surface area contributed by atoms with E-state index in [2.05, 4.69) is 10.5 Å². The van der Waals surface area contributed by atoms with Crippen LogP contribution in [0.4, 0.5) is 0 Å². The van der Waals surface area contributed by atoms with Crippen LogP contribution in [0.5, 0.6) is 17.2 Å². The van der Waals surface area contributed by atoms with Gasteiger partial charge in [0.15, 0.2) is 6.10 Å². The van der Waals surface area contributed by atoms with Gasteiger partial charge in [0.1, 0.15) is 17.2 Å². The zero-order valence-corrected chi connectivity index (χ0v) is 21.4. The number of hydrogen-bond acceptors (Lipinski definition) is 6. The molecule has 0 saturated carbocycles. The maximum atomic E-state index is 12.4. The third-order valence-corrected chi connectivity index (χ3v) is 5.40. The monoisotopic (exact) mass is 528 g/mol. The summed E-state index contributed by atoms with van der Waals surface area (Å²) in [6, 6.07) is 18.3. The van der Waals surface area contributed by atoms with Gasteiger partial charge in [-0.2, -0.15) is 5.10 Å². The standard InChI is InChI=1S/C27H26Cl2N2O5/c1-3-15-34-21-12-7-19(8-13-21)27(33)35-22-10-5-18(6-11-22)17-30-31-26(32)24(4-2)36-25-14-9-20(28)16-23(25)29/h5-14,16-17,24H,3-4,15H2,1-2H3,(H,31,32)/b30-17-/t24-/m0/s1. The molecule has 0 heterocycles. The SMILES string of the molecule is CCCOc1ccc(C(=O)Oc2ccc(/C=N\NC(=O)[C@H](CC)Oc3ccc(Cl)cc3Cl)cc2)cc1. The third kappa shape index (κ3) is 8.00. The normalized spacial score (nSPS) is 11.7. The zero-order valence-electron chi connectivity index (χ0n) is 19.9. The summed E-state index contributed by atoms with van der Waals surface area (Å²) in [6.45, 7) is 4.46. The van der Waals surface area contributed by atoms with Gasteiger partial charge in [-0.3, -0.25) is 4.79 Å². The second kappa shape index (κ2) is 13.5. The summed E-state index contributed by atoms with van der Waals surface area (Å²) < 4.78 is 16.6. The first-order valence-corrected chi connectivity index (χ1v) is 12.1. The number of nitrogens with zero attached hydrogens (tertiary/aromatic N) is 1. The highest BCUT2D eigenvalue weighted by atomic mass is 35.5. The van der Waals surface area contributed by atoms with Crippen molar-refractivity contribution < 1.29 is 23.8 Å². The first kappa shape index (κ1) is 27.0. The Hall–Kier alpha value is -3.55. The van der Waals surface area contributed by atoms with Crippen molar-refractivity contribution in [3.05, 3.63) is 87.9 Å². The van der Waals surface area contributed by atoms with Gasteiger partial charge in [0.2, 0.25) is 0 Å². The zero-order chi connectivity index (χ0) is 25.9. The highest BCUT2D eigenvalue weighted by molar-refractivity contribution is 6.35. The lowest BCUT2D eigenvalue weighted by atomic mass is 10.2. The first-order chi connectivity index (χ1) is 17.4. The van der Waals surface area contributed by atoms with Crippen LogP contribution in [0.1, 0.15) is 42.6 Å². The molecule has 0 saturated heterocycles. The summed E-state index contributed by atoms with van der Waals surface area (Å²) in [7, 11) is 0. The van der Waals surface area contributed by atoms with E-state index >= 15 is 0 Å². The minimum absolute atomic E-state index is 0.316. The van der Waals surface area contributed by atoms with Crippen LogP contribution in [0, 0.1) is 0 Å². The maximum absolute atomic E-state index is 12.4.